The molecular weight excluding hydrogens is 302 g/mol. The van der Waals surface area contributed by atoms with Gasteiger partial charge in [0.05, 0.1) is 12.2 Å². The summed E-state index contributed by atoms with van der Waals surface area (Å²) in [6.07, 6.45) is 2.56. The van der Waals surface area contributed by atoms with Gasteiger partial charge in [-0.05, 0) is 50.9 Å². The third-order valence-electron chi connectivity index (χ3n) is 5.05. The maximum Gasteiger partial charge on any atom is 0.257 e. The summed E-state index contributed by atoms with van der Waals surface area (Å²) in [7, 11) is 0. The van der Waals surface area contributed by atoms with E-state index in [-0.39, 0.29) is 5.91 Å². The predicted molar refractivity (Wildman–Crippen MR) is 95.5 cm³/mol. The number of rotatable bonds is 5. The minimum atomic E-state index is 0.0977. The first-order valence-electron chi connectivity index (χ1n) is 9.22. The van der Waals surface area contributed by atoms with Crippen molar-refractivity contribution in [2.75, 3.05) is 52.4 Å². The lowest BCUT2D eigenvalue weighted by atomic mass is 9.97. The van der Waals surface area contributed by atoms with Crippen molar-refractivity contribution in [3.8, 4) is 5.75 Å². The molecule has 2 aliphatic heterocycles. The van der Waals surface area contributed by atoms with Crippen LogP contribution in [0.15, 0.2) is 24.3 Å². The van der Waals surface area contributed by atoms with E-state index in [0.717, 1.165) is 45.2 Å². The Morgan fingerprint density at radius 1 is 1.17 bits per heavy atom. The van der Waals surface area contributed by atoms with Crippen molar-refractivity contribution < 1.29 is 9.53 Å². The molecule has 0 aliphatic carbocycles. The molecule has 24 heavy (non-hydrogen) atoms. The highest BCUT2D eigenvalue weighted by molar-refractivity contribution is 5.97. The molecule has 0 spiro atoms. The van der Waals surface area contributed by atoms with E-state index in [1.165, 1.54) is 19.4 Å². The van der Waals surface area contributed by atoms with Crippen LogP contribution in [0.5, 0.6) is 5.75 Å². The van der Waals surface area contributed by atoms with Crippen molar-refractivity contribution in [2.24, 2.45) is 5.92 Å². The van der Waals surface area contributed by atoms with Gasteiger partial charge in [-0.25, -0.2) is 0 Å². The van der Waals surface area contributed by atoms with Crippen molar-refractivity contribution in [1.29, 1.82) is 0 Å². The van der Waals surface area contributed by atoms with E-state index in [9.17, 15) is 4.79 Å². The van der Waals surface area contributed by atoms with Gasteiger partial charge in [0, 0.05) is 32.7 Å². The predicted octanol–water partition coefficient (Wildman–Crippen LogP) is 1.84. The summed E-state index contributed by atoms with van der Waals surface area (Å²) in [6.45, 7) is 9.58. The highest BCUT2D eigenvalue weighted by atomic mass is 16.5. The fourth-order valence-corrected chi connectivity index (χ4v) is 3.66. The van der Waals surface area contributed by atoms with Crippen LogP contribution in [0.25, 0.3) is 0 Å². The van der Waals surface area contributed by atoms with Crippen molar-refractivity contribution in [3.05, 3.63) is 29.8 Å². The zero-order valence-corrected chi connectivity index (χ0v) is 14.7. The lowest BCUT2D eigenvalue weighted by Gasteiger charge is -2.37. The van der Waals surface area contributed by atoms with E-state index in [1.807, 2.05) is 36.1 Å². The Morgan fingerprint density at radius 3 is 2.58 bits per heavy atom. The first-order valence-corrected chi connectivity index (χ1v) is 9.22. The van der Waals surface area contributed by atoms with Crippen LogP contribution in [-0.2, 0) is 0 Å². The van der Waals surface area contributed by atoms with Crippen LogP contribution in [0.1, 0.15) is 30.1 Å². The van der Waals surface area contributed by atoms with Gasteiger partial charge in [0.1, 0.15) is 5.75 Å². The minimum Gasteiger partial charge on any atom is -0.493 e. The number of piperidine rings is 1. The van der Waals surface area contributed by atoms with Crippen molar-refractivity contribution in [3.63, 3.8) is 0 Å². The average molecular weight is 331 g/mol. The summed E-state index contributed by atoms with van der Waals surface area (Å²) in [6, 6.07) is 7.57. The maximum atomic E-state index is 12.8. The molecule has 0 atom stereocenters. The number of nitrogens with one attached hydrogen (secondary N) is 1. The van der Waals surface area contributed by atoms with Crippen LogP contribution in [-0.4, -0.2) is 68.1 Å². The number of carbonyl (C=O) groups is 1. The number of para-hydroxylation sites is 1. The smallest absolute Gasteiger partial charge is 0.257 e. The van der Waals surface area contributed by atoms with Gasteiger partial charge in [0.2, 0.25) is 0 Å². The molecule has 5 nitrogen and oxygen atoms in total. The molecule has 1 aromatic carbocycles. The van der Waals surface area contributed by atoms with Crippen LogP contribution in [0.3, 0.4) is 0 Å². The molecule has 1 amide bonds. The largest absolute Gasteiger partial charge is 0.493 e. The van der Waals surface area contributed by atoms with E-state index in [1.54, 1.807) is 0 Å². The quantitative estimate of drug-likeness (QED) is 0.894. The Morgan fingerprint density at radius 2 is 1.88 bits per heavy atom. The van der Waals surface area contributed by atoms with Crippen LogP contribution in [0.4, 0.5) is 0 Å². The highest BCUT2D eigenvalue weighted by Gasteiger charge is 2.25. The summed E-state index contributed by atoms with van der Waals surface area (Å²) in [5, 5.41) is 3.42. The Balaban J connectivity index is 1.53. The van der Waals surface area contributed by atoms with Crippen LogP contribution >= 0.6 is 0 Å². The van der Waals surface area contributed by atoms with Gasteiger partial charge in [0.15, 0.2) is 0 Å². The summed E-state index contributed by atoms with van der Waals surface area (Å²) in [4.78, 5) is 17.3. The van der Waals surface area contributed by atoms with Crippen molar-refractivity contribution >= 4 is 5.91 Å². The second-order valence-electron chi connectivity index (χ2n) is 6.72. The molecule has 0 bridgehead atoms. The minimum absolute atomic E-state index is 0.0977. The van der Waals surface area contributed by atoms with E-state index in [2.05, 4.69) is 10.2 Å². The Kier molecular flexibility index (Phi) is 6.10. The van der Waals surface area contributed by atoms with E-state index >= 15 is 0 Å². The zero-order valence-electron chi connectivity index (χ0n) is 14.7. The number of hydrogen-bond donors (Lipinski definition) is 1. The SMILES string of the molecule is CCOc1ccccc1C(=O)N1CCN(CC2CCNCC2)CC1. The van der Waals surface area contributed by atoms with Crippen LogP contribution < -0.4 is 10.1 Å². The zero-order chi connectivity index (χ0) is 16.8. The highest BCUT2D eigenvalue weighted by Crippen LogP contribution is 2.21. The standard InChI is InChI=1S/C19H29N3O2/c1-2-24-18-6-4-3-5-17(18)19(23)22-13-11-21(12-14-22)15-16-7-9-20-10-8-16/h3-6,16,20H,2,7-15H2,1H3. The van der Waals surface area contributed by atoms with Gasteiger partial charge in [0.25, 0.3) is 5.91 Å². The second kappa shape index (κ2) is 8.49. The summed E-state index contributed by atoms with van der Waals surface area (Å²) in [5.41, 5.74) is 0.686. The average Bonchev–Trinajstić information content (AvgIpc) is 2.63. The lowest BCUT2D eigenvalue weighted by Crippen LogP contribution is -2.50. The third kappa shape index (κ3) is 4.28. The fourth-order valence-electron chi connectivity index (χ4n) is 3.66. The van der Waals surface area contributed by atoms with Crippen molar-refractivity contribution in [1.82, 2.24) is 15.1 Å². The van der Waals surface area contributed by atoms with Gasteiger partial charge in [-0.3, -0.25) is 9.69 Å². The number of ether oxygens (including phenoxy) is 1. The number of benzene rings is 1. The maximum absolute atomic E-state index is 12.8. The Labute approximate surface area is 145 Å². The van der Waals surface area contributed by atoms with Gasteiger partial charge >= 0.3 is 0 Å². The lowest BCUT2D eigenvalue weighted by molar-refractivity contribution is 0.0604. The van der Waals surface area contributed by atoms with E-state index < -0.39 is 0 Å². The van der Waals surface area contributed by atoms with Crippen LogP contribution in [0, 0.1) is 5.92 Å². The first kappa shape index (κ1) is 17.2. The molecule has 1 aromatic rings. The molecule has 1 N–H and O–H groups in total. The molecule has 3 rings (SSSR count). The Hall–Kier alpha value is -1.59. The van der Waals surface area contributed by atoms with Crippen molar-refractivity contribution in [2.45, 2.75) is 19.8 Å². The molecule has 2 saturated heterocycles. The number of nitrogens with zero attached hydrogens (tertiary/aromatic N) is 2. The van der Waals surface area contributed by atoms with Gasteiger partial charge < -0.3 is 15.0 Å². The Bertz CT molecular complexity index is 535. The summed E-state index contributed by atoms with van der Waals surface area (Å²) < 4.78 is 5.61. The van der Waals surface area contributed by atoms with Gasteiger partial charge in [-0.1, -0.05) is 12.1 Å². The summed E-state index contributed by atoms with van der Waals surface area (Å²) >= 11 is 0. The molecule has 0 aromatic heterocycles. The van der Waals surface area contributed by atoms with Gasteiger partial charge in [-0.2, -0.15) is 0 Å². The molecule has 0 radical (unpaired) electrons. The summed E-state index contributed by atoms with van der Waals surface area (Å²) in [5.74, 6) is 1.61. The molecular formula is C19H29N3O2. The molecule has 132 valence electrons. The number of amides is 1. The molecule has 0 saturated carbocycles. The fraction of sp³-hybridized carbons (Fsp3) is 0.632. The normalized spacial score (nSPS) is 20.1. The molecule has 2 fully saturated rings. The first-order chi connectivity index (χ1) is 11.8. The second-order valence-corrected chi connectivity index (χ2v) is 6.72. The van der Waals surface area contributed by atoms with Gasteiger partial charge in [-0.15, -0.1) is 0 Å². The molecule has 2 aliphatic rings. The topological polar surface area (TPSA) is 44.8 Å². The van der Waals surface area contributed by atoms with E-state index in [0.29, 0.717) is 17.9 Å². The monoisotopic (exact) mass is 331 g/mol. The molecule has 2 heterocycles. The number of hydrogen-bond acceptors (Lipinski definition) is 4. The third-order valence-corrected chi connectivity index (χ3v) is 5.05. The number of piperazine rings is 1. The molecule has 5 heteroatoms. The van der Waals surface area contributed by atoms with Crippen LogP contribution in [0.2, 0.25) is 0 Å². The number of carbonyl (C=O) groups excluding carboxylic acids is 1. The van der Waals surface area contributed by atoms with E-state index in [4.69, 9.17) is 4.74 Å². The molecule has 0 unspecified atom stereocenters.